The molecule has 5 nitrogen and oxygen atoms in total. The van der Waals surface area contributed by atoms with Crippen LogP contribution in [0.3, 0.4) is 0 Å². The zero-order valence-corrected chi connectivity index (χ0v) is 13.3. The molecule has 0 bridgehead atoms. The Kier molecular flexibility index (Phi) is 7.11. The molecule has 0 unspecified atom stereocenters. The predicted molar refractivity (Wildman–Crippen MR) is 82.5 cm³/mol. The Hall–Kier alpha value is -0.860. The molecule has 1 aromatic carbocycles. The molecule has 1 rings (SSSR count). The molecule has 1 amide bonds. The van der Waals surface area contributed by atoms with Gasteiger partial charge in [0.15, 0.2) is 0 Å². The SMILES string of the molecule is CN(C)CCOCCNC(=O)c1ccc(I)c(O)c1. The average Bonchev–Trinajstić information content (AvgIpc) is 2.36. The van der Waals surface area contributed by atoms with E-state index in [1.807, 2.05) is 41.6 Å². The van der Waals surface area contributed by atoms with Gasteiger partial charge in [0.25, 0.3) is 5.91 Å². The van der Waals surface area contributed by atoms with Crippen molar-refractivity contribution >= 4 is 28.5 Å². The van der Waals surface area contributed by atoms with E-state index in [4.69, 9.17) is 4.74 Å². The minimum atomic E-state index is -0.206. The molecule has 0 saturated carbocycles. The predicted octanol–water partition coefficient (Wildman–Crippen LogP) is 1.30. The number of hydrogen-bond acceptors (Lipinski definition) is 4. The van der Waals surface area contributed by atoms with Crippen molar-refractivity contribution in [1.82, 2.24) is 10.2 Å². The Balaban J connectivity index is 2.26. The molecule has 19 heavy (non-hydrogen) atoms. The highest BCUT2D eigenvalue weighted by atomic mass is 127. The molecule has 0 saturated heterocycles. The summed E-state index contributed by atoms with van der Waals surface area (Å²) >= 11 is 2.01. The number of halogens is 1. The van der Waals surface area contributed by atoms with Gasteiger partial charge in [-0.05, 0) is 54.9 Å². The van der Waals surface area contributed by atoms with Crippen LogP contribution in [0, 0.1) is 3.57 Å². The summed E-state index contributed by atoms with van der Waals surface area (Å²) in [5.74, 6) is -0.0848. The van der Waals surface area contributed by atoms with Gasteiger partial charge in [0.2, 0.25) is 0 Å². The first-order valence-electron chi connectivity index (χ1n) is 6.00. The number of carbonyl (C=O) groups excluding carboxylic acids is 1. The average molecular weight is 378 g/mol. The number of aromatic hydroxyl groups is 1. The summed E-state index contributed by atoms with van der Waals surface area (Å²) in [5, 5.41) is 12.3. The van der Waals surface area contributed by atoms with Crippen LogP contribution in [0.25, 0.3) is 0 Å². The second-order valence-electron chi connectivity index (χ2n) is 4.34. The third-order valence-electron chi connectivity index (χ3n) is 2.42. The molecule has 0 heterocycles. The van der Waals surface area contributed by atoms with E-state index in [-0.39, 0.29) is 11.7 Å². The van der Waals surface area contributed by atoms with Gasteiger partial charge in [-0.25, -0.2) is 0 Å². The molecule has 1 aromatic rings. The van der Waals surface area contributed by atoms with E-state index in [9.17, 15) is 9.90 Å². The van der Waals surface area contributed by atoms with E-state index >= 15 is 0 Å². The Morgan fingerprint density at radius 2 is 2.16 bits per heavy atom. The topological polar surface area (TPSA) is 61.8 Å². The van der Waals surface area contributed by atoms with E-state index in [1.54, 1.807) is 12.1 Å². The number of hydrogen-bond donors (Lipinski definition) is 2. The monoisotopic (exact) mass is 378 g/mol. The fourth-order valence-electron chi connectivity index (χ4n) is 1.34. The quantitative estimate of drug-likeness (QED) is 0.555. The molecule has 0 aliphatic carbocycles. The zero-order chi connectivity index (χ0) is 14.3. The number of likely N-dealkylation sites (N-methyl/N-ethyl adjacent to an activating group) is 1. The lowest BCUT2D eigenvalue weighted by molar-refractivity contribution is 0.0900. The van der Waals surface area contributed by atoms with Gasteiger partial charge in [-0.1, -0.05) is 0 Å². The van der Waals surface area contributed by atoms with Gasteiger partial charge < -0.3 is 20.1 Å². The van der Waals surface area contributed by atoms with Crippen LogP contribution < -0.4 is 5.32 Å². The van der Waals surface area contributed by atoms with Gasteiger partial charge in [-0.2, -0.15) is 0 Å². The highest BCUT2D eigenvalue weighted by Crippen LogP contribution is 2.20. The first-order valence-corrected chi connectivity index (χ1v) is 7.08. The number of amides is 1. The summed E-state index contributed by atoms with van der Waals surface area (Å²) in [6.45, 7) is 2.45. The number of nitrogens with zero attached hydrogens (tertiary/aromatic N) is 1. The number of phenols is 1. The maximum atomic E-state index is 11.8. The number of nitrogens with one attached hydrogen (secondary N) is 1. The van der Waals surface area contributed by atoms with Crippen molar-refractivity contribution in [2.45, 2.75) is 0 Å². The number of rotatable bonds is 7. The largest absolute Gasteiger partial charge is 0.507 e. The van der Waals surface area contributed by atoms with Gasteiger partial charge in [0.1, 0.15) is 5.75 Å². The van der Waals surface area contributed by atoms with Crippen LogP contribution >= 0.6 is 22.6 Å². The van der Waals surface area contributed by atoms with Crippen molar-refractivity contribution in [1.29, 1.82) is 0 Å². The van der Waals surface area contributed by atoms with E-state index in [2.05, 4.69) is 5.32 Å². The van der Waals surface area contributed by atoms with Crippen molar-refractivity contribution in [3.8, 4) is 5.75 Å². The summed E-state index contributed by atoms with van der Waals surface area (Å²) in [6, 6.07) is 4.85. The maximum absolute atomic E-state index is 11.8. The first-order chi connectivity index (χ1) is 9.00. The molecular weight excluding hydrogens is 359 g/mol. The Morgan fingerprint density at radius 1 is 1.42 bits per heavy atom. The van der Waals surface area contributed by atoms with Crippen LogP contribution in [0.2, 0.25) is 0 Å². The van der Waals surface area contributed by atoms with Crippen molar-refractivity contribution in [3.63, 3.8) is 0 Å². The number of benzene rings is 1. The molecule has 106 valence electrons. The molecule has 0 fully saturated rings. The van der Waals surface area contributed by atoms with Crippen LogP contribution in [-0.2, 0) is 4.74 Å². The van der Waals surface area contributed by atoms with E-state index < -0.39 is 0 Å². The lowest BCUT2D eigenvalue weighted by Crippen LogP contribution is -2.28. The third kappa shape index (κ3) is 6.22. The van der Waals surface area contributed by atoms with Gasteiger partial charge >= 0.3 is 0 Å². The Bertz CT molecular complexity index is 424. The van der Waals surface area contributed by atoms with E-state index in [1.165, 1.54) is 6.07 Å². The summed E-state index contributed by atoms with van der Waals surface area (Å²) in [6.07, 6.45) is 0. The minimum absolute atomic E-state index is 0.121. The van der Waals surface area contributed by atoms with Crippen LogP contribution in [0.4, 0.5) is 0 Å². The molecule has 0 aliphatic rings. The summed E-state index contributed by atoms with van der Waals surface area (Å²) in [7, 11) is 3.96. The van der Waals surface area contributed by atoms with E-state index in [0.717, 1.165) is 10.1 Å². The lowest BCUT2D eigenvalue weighted by atomic mass is 10.2. The lowest BCUT2D eigenvalue weighted by Gasteiger charge is -2.10. The fraction of sp³-hybridized carbons (Fsp3) is 0.462. The van der Waals surface area contributed by atoms with Crippen molar-refractivity contribution in [2.75, 3.05) is 40.4 Å². The van der Waals surface area contributed by atoms with Crippen LogP contribution in [0.1, 0.15) is 10.4 Å². The Labute approximate surface area is 127 Å². The molecule has 0 aromatic heterocycles. The van der Waals surface area contributed by atoms with Crippen molar-refractivity contribution in [2.24, 2.45) is 0 Å². The molecule has 2 N–H and O–H groups in total. The van der Waals surface area contributed by atoms with Crippen molar-refractivity contribution < 1.29 is 14.6 Å². The highest BCUT2D eigenvalue weighted by Gasteiger charge is 2.07. The number of phenolic OH excluding ortho intramolecular Hbond substituents is 1. The zero-order valence-electron chi connectivity index (χ0n) is 11.1. The smallest absolute Gasteiger partial charge is 0.251 e. The summed E-state index contributed by atoms with van der Waals surface area (Å²) < 4.78 is 6.09. The molecular formula is C13H19IN2O3. The van der Waals surface area contributed by atoms with Crippen molar-refractivity contribution in [3.05, 3.63) is 27.3 Å². The molecule has 0 radical (unpaired) electrons. The number of ether oxygens (including phenoxy) is 1. The normalized spacial score (nSPS) is 10.7. The molecule has 0 spiro atoms. The van der Waals surface area contributed by atoms with Gasteiger partial charge in [0, 0.05) is 18.7 Å². The third-order valence-corrected chi connectivity index (χ3v) is 3.34. The summed E-state index contributed by atoms with van der Waals surface area (Å²) in [4.78, 5) is 13.8. The standard InChI is InChI=1S/C13H19IN2O3/c1-16(2)6-8-19-7-5-15-13(18)10-3-4-11(14)12(17)9-10/h3-4,9,17H,5-8H2,1-2H3,(H,15,18). The highest BCUT2D eigenvalue weighted by molar-refractivity contribution is 14.1. The fourth-order valence-corrected chi connectivity index (χ4v) is 1.68. The Morgan fingerprint density at radius 3 is 2.79 bits per heavy atom. The second-order valence-corrected chi connectivity index (χ2v) is 5.50. The minimum Gasteiger partial charge on any atom is -0.507 e. The number of carbonyl (C=O) groups is 1. The molecule has 0 aliphatic heterocycles. The second kappa shape index (κ2) is 8.34. The van der Waals surface area contributed by atoms with Crippen LogP contribution in [0.15, 0.2) is 18.2 Å². The van der Waals surface area contributed by atoms with E-state index in [0.29, 0.717) is 25.3 Å². The van der Waals surface area contributed by atoms with Gasteiger partial charge in [-0.3, -0.25) is 4.79 Å². The maximum Gasteiger partial charge on any atom is 0.251 e. The molecule has 0 atom stereocenters. The van der Waals surface area contributed by atoms with Gasteiger partial charge in [-0.15, -0.1) is 0 Å². The van der Waals surface area contributed by atoms with Crippen LogP contribution in [0.5, 0.6) is 5.75 Å². The van der Waals surface area contributed by atoms with Gasteiger partial charge in [0.05, 0.1) is 16.8 Å². The summed E-state index contributed by atoms with van der Waals surface area (Å²) in [5.41, 5.74) is 0.450. The molecule has 6 heteroatoms. The first kappa shape index (κ1) is 16.2. The van der Waals surface area contributed by atoms with Crippen LogP contribution in [-0.4, -0.2) is 56.3 Å².